The maximum absolute atomic E-state index is 12.9. The van der Waals surface area contributed by atoms with E-state index in [2.05, 4.69) is 16.0 Å². The Morgan fingerprint density at radius 1 is 1.03 bits per heavy atom. The number of nitro groups is 1. The van der Waals surface area contributed by atoms with Gasteiger partial charge in [-0.2, -0.15) is 0 Å². The van der Waals surface area contributed by atoms with Gasteiger partial charge in [-0.1, -0.05) is 37.6 Å². The number of anilines is 1. The molecule has 170 valence electrons. The fourth-order valence-corrected chi connectivity index (χ4v) is 3.29. The lowest BCUT2D eigenvalue weighted by atomic mass is 10.0. The van der Waals surface area contributed by atoms with Crippen molar-refractivity contribution in [3.63, 3.8) is 0 Å². The number of carbonyl (C=O) groups excluding carboxylic acids is 3. The number of hydrogen-bond acceptors (Lipinski definition) is 5. The molecule has 3 amide bonds. The number of nitrogens with one attached hydrogen (secondary N) is 3. The third kappa shape index (κ3) is 6.52. The number of nitro benzene ring substituents is 1. The zero-order valence-corrected chi connectivity index (χ0v) is 18.9. The van der Waals surface area contributed by atoms with Crippen molar-refractivity contribution in [1.29, 1.82) is 0 Å². The molecular formula is C22H25ClN4O5. The Balaban J connectivity index is 2.13. The minimum absolute atomic E-state index is 0.0340. The first kappa shape index (κ1) is 24.8. The summed E-state index contributed by atoms with van der Waals surface area (Å²) in [5.74, 6) is -1.46. The van der Waals surface area contributed by atoms with Crippen molar-refractivity contribution in [3.05, 3.63) is 68.7 Å². The van der Waals surface area contributed by atoms with Crippen LogP contribution < -0.4 is 16.0 Å². The summed E-state index contributed by atoms with van der Waals surface area (Å²) in [4.78, 5) is 47.1. The molecule has 0 aliphatic carbocycles. The van der Waals surface area contributed by atoms with E-state index in [1.165, 1.54) is 19.1 Å². The van der Waals surface area contributed by atoms with Gasteiger partial charge in [-0.3, -0.25) is 24.5 Å². The highest BCUT2D eigenvalue weighted by molar-refractivity contribution is 6.34. The minimum atomic E-state index is -0.866. The molecule has 0 saturated carbocycles. The standard InChI is InChI=1S/C22H25ClN4O5/c1-12(2)20(26-21(29)18-9-8-17(27(31)32)11-19(18)23)22(30)24-13(3)15-6-5-7-16(10-15)25-14(4)28/h5-13,20H,1-4H3,(H,24,30)(H,25,28)(H,26,29). The predicted molar refractivity (Wildman–Crippen MR) is 122 cm³/mol. The Hall–Kier alpha value is -3.46. The number of nitrogens with zero attached hydrogens (tertiary/aromatic N) is 1. The van der Waals surface area contributed by atoms with E-state index < -0.39 is 28.8 Å². The second-order valence-corrected chi connectivity index (χ2v) is 8.06. The molecule has 0 aliphatic heterocycles. The quantitative estimate of drug-likeness (QED) is 0.407. The predicted octanol–water partition coefficient (Wildman–Crippen LogP) is 3.84. The van der Waals surface area contributed by atoms with Crippen LogP contribution >= 0.6 is 11.6 Å². The van der Waals surface area contributed by atoms with Gasteiger partial charge in [0.25, 0.3) is 11.6 Å². The summed E-state index contributed by atoms with van der Waals surface area (Å²) in [6.07, 6.45) is 0. The van der Waals surface area contributed by atoms with Crippen LogP contribution in [0.15, 0.2) is 42.5 Å². The number of benzene rings is 2. The molecule has 0 aromatic heterocycles. The molecule has 10 heteroatoms. The third-order valence-corrected chi connectivity index (χ3v) is 5.02. The molecule has 0 bridgehead atoms. The SMILES string of the molecule is CC(=O)Nc1cccc(C(C)NC(=O)C(NC(=O)c2ccc([N+](=O)[O-])cc2Cl)C(C)C)c1. The van der Waals surface area contributed by atoms with Crippen molar-refractivity contribution >= 4 is 40.7 Å². The van der Waals surface area contributed by atoms with Crippen LogP contribution in [0.4, 0.5) is 11.4 Å². The molecule has 2 rings (SSSR count). The van der Waals surface area contributed by atoms with E-state index in [1.54, 1.807) is 39.0 Å². The topological polar surface area (TPSA) is 130 Å². The summed E-state index contributed by atoms with van der Waals surface area (Å²) in [5, 5.41) is 19.0. The molecule has 2 unspecified atom stereocenters. The van der Waals surface area contributed by atoms with Gasteiger partial charge in [0.2, 0.25) is 11.8 Å². The Kier molecular flexibility index (Phi) is 8.31. The lowest BCUT2D eigenvalue weighted by molar-refractivity contribution is -0.384. The maximum atomic E-state index is 12.9. The summed E-state index contributed by atoms with van der Waals surface area (Å²) < 4.78 is 0. The largest absolute Gasteiger partial charge is 0.348 e. The van der Waals surface area contributed by atoms with Crippen molar-refractivity contribution in [2.45, 2.75) is 39.8 Å². The monoisotopic (exact) mass is 460 g/mol. The van der Waals surface area contributed by atoms with Crippen LogP contribution in [0.1, 0.15) is 49.7 Å². The molecule has 0 heterocycles. The second-order valence-electron chi connectivity index (χ2n) is 7.65. The fraction of sp³-hybridized carbons (Fsp3) is 0.318. The van der Waals surface area contributed by atoms with E-state index in [0.717, 1.165) is 11.6 Å². The zero-order valence-electron chi connectivity index (χ0n) is 18.1. The van der Waals surface area contributed by atoms with Crippen LogP contribution in [-0.2, 0) is 9.59 Å². The smallest absolute Gasteiger partial charge is 0.270 e. The van der Waals surface area contributed by atoms with E-state index in [-0.39, 0.29) is 28.1 Å². The molecule has 0 fully saturated rings. The molecule has 32 heavy (non-hydrogen) atoms. The molecule has 0 radical (unpaired) electrons. The summed E-state index contributed by atoms with van der Waals surface area (Å²) >= 11 is 6.03. The first-order valence-electron chi connectivity index (χ1n) is 9.92. The highest BCUT2D eigenvalue weighted by Crippen LogP contribution is 2.23. The normalized spacial score (nSPS) is 12.6. The van der Waals surface area contributed by atoms with Gasteiger partial charge in [-0.25, -0.2) is 0 Å². The van der Waals surface area contributed by atoms with E-state index in [4.69, 9.17) is 11.6 Å². The summed E-state index contributed by atoms with van der Waals surface area (Å²) in [6.45, 7) is 6.76. The van der Waals surface area contributed by atoms with Crippen LogP contribution in [0.25, 0.3) is 0 Å². The van der Waals surface area contributed by atoms with Gasteiger partial charge in [0, 0.05) is 24.7 Å². The summed E-state index contributed by atoms with van der Waals surface area (Å²) in [6, 6.07) is 9.34. The average molecular weight is 461 g/mol. The van der Waals surface area contributed by atoms with Crippen molar-refractivity contribution in [2.75, 3.05) is 5.32 Å². The zero-order chi connectivity index (χ0) is 24.0. The van der Waals surface area contributed by atoms with E-state index in [9.17, 15) is 24.5 Å². The summed E-state index contributed by atoms with van der Waals surface area (Å²) in [7, 11) is 0. The van der Waals surface area contributed by atoms with Gasteiger partial charge in [0.15, 0.2) is 0 Å². The van der Waals surface area contributed by atoms with Gasteiger partial charge in [0.1, 0.15) is 6.04 Å². The van der Waals surface area contributed by atoms with Crippen molar-refractivity contribution in [1.82, 2.24) is 10.6 Å². The number of halogens is 1. The number of non-ortho nitro benzene ring substituents is 1. The number of rotatable bonds is 8. The molecule has 0 spiro atoms. The van der Waals surface area contributed by atoms with Gasteiger partial charge >= 0.3 is 0 Å². The van der Waals surface area contributed by atoms with E-state index in [1.807, 2.05) is 6.07 Å². The highest BCUT2D eigenvalue weighted by Gasteiger charge is 2.27. The Morgan fingerprint density at radius 3 is 2.28 bits per heavy atom. The van der Waals surface area contributed by atoms with E-state index in [0.29, 0.717) is 5.69 Å². The summed E-state index contributed by atoms with van der Waals surface area (Å²) in [5.41, 5.74) is 1.18. The Morgan fingerprint density at radius 2 is 1.72 bits per heavy atom. The van der Waals surface area contributed by atoms with Gasteiger partial charge in [-0.15, -0.1) is 0 Å². The maximum Gasteiger partial charge on any atom is 0.270 e. The van der Waals surface area contributed by atoms with Gasteiger partial charge in [-0.05, 0) is 36.6 Å². The number of carbonyl (C=O) groups is 3. The third-order valence-electron chi connectivity index (χ3n) is 4.71. The molecule has 3 N–H and O–H groups in total. The van der Waals surface area contributed by atoms with E-state index >= 15 is 0 Å². The van der Waals surface area contributed by atoms with Crippen molar-refractivity contribution in [3.8, 4) is 0 Å². The molecule has 0 saturated heterocycles. The highest BCUT2D eigenvalue weighted by atomic mass is 35.5. The van der Waals surface area contributed by atoms with Gasteiger partial charge < -0.3 is 16.0 Å². The van der Waals surface area contributed by atoms with Crippen molar-refractivity contribution < 1.29 is 19.3 Å². The lowest BCUT2D eigenvalue weighted by Gasteiger charge is -2.24. The van der Waals surface area contributed by atoms with Crippen LogP contribution in [-0.4, -0.2) is 28.7 Å². The lowest BCUT2D eigenvalue weighted by Crippen LogP contribution is -2.50. The van der Waals surface area contributed by atoms with Gasteiger partial charge in [0.05, 0.1) is 21.6 Å². The molecule has 2 aromatic rings. The first-order valence-corrected chi connectivity index (χ1v) is 10.3. The number of amides is 3. The molecule has 2 aromatic carbocycles. The van der Waals surface area contributed by atoms with Crippen LogP contribution in [0.2, 0.25) is 5.02 Å². The second kappa shape index (κ2) is 10.7. The average Bonchev–Trinajstić information content (AvgIpc) is 2.70. The molecule has 9 nitrogen and oxygen atoms in total. The molecule has 2 atom stereocenters. The van der Waals surface area contributed by atoms with Crippen LogP contribution in [0.3, 0.4) is 0 Å². The van der Waals surface area contributed by atoms with Crippen LogP contribution in [0.5, 0.6) is 0 Å². The molecular weight excluding hydrogens is 436 g/mol. The Labute approximate surface area is 190 Å². The fourth-order valence-electron chi connectivity index (χ4n) is 3.03. The first-order chi connectivity index (χ1) is 15.0. The number of hydrogen-bond donors (Lipinski definition) is 3. The Bertz CT molecular complexity index is 1040. The molecule has 0 aliphatic rings. The van der Waals surface area contributed by atoms with Crippen molar-refractivity contribution in [2.24, 2.45) is 5.92 Å². The van der Waals surface area contributed by atoms with Crippen LogP contribution in [0, 0.1) is 16.0 Å². The minimum Gasteiger partial charge on any atom is -0.348 e.